The summed E-state index contributed by atoms with van der Waals surface area (Å²) in [7, 11) is 0. The lowest BCUT2D eigenvalue weighted by atomic mass is 10.2. The maximum absolute atomic E-state index is 10.6. The summed E-state index contributed by atoms with van der Waals surface area (Å²) in [6.45, 7) is 2.99. The standard InChI is InChI=1S/C12H18N2O2S2/c1-9-6-13-12(18-8-11(15)16)14(9)7-10-4-2-3-5-17-10/h6,10H,2-5,7-8H2,1H3,(H,15,16). The minimum Gasteiger partial charge on any atom is -0.481 e. The Morgan fingerprint density at radius 1 is 1.67 bits per heavy atom. The molecule has 0 aliphatic carbocycles. The number of hydrogen-bond acceptors (Lipinski definition) is 4. The van der Waals surface area contributed by atoms with Crippen molar-refractivity contribution in [2.45, 2.75) is 43.1 Å². The zero-order valence-corrected chi connectivity index (χ0v) is 12.1. The van der Waals surface area contributed by atoms with Gasteiger partial charge in [0.15, 0.2) is 5.16 Å². The van der Waals surface area contributed by atoms with Crippen LogP contribution in [0.4, 0.5) is 0 Å². The molecule has 0 saturated carbocycles. The molecule has 100 valence electrons. The van der Waals surface area contributed by atoms with Crippen LogP contribution < -0.4 is 0 Å². The van der Waals surface area contributed by atoms with Gasteiger partial charge in [-0.15, -0.1) is 0 Å². The van der Waals surface area contributed by atoms with E-state index in [2.05, 4.69) is 9.55 Å². The lowest BCUT2D eigenvalue weighted by Crippen LogP contribution is -2.18. The second-order valence-electron chi connectivity index (χ2n) is 4.46. The minimum atomic E-state index is -0.792. The van der Waals surface area contributed by atoms with Gasteiger partial charge in [-0.2, -0.15) is 11.8 Å². The van der Waals surface area contributed by atoms with Crippen molar-refractivity contribution in [1.82, 2.24) is 9.55 Å². The summed E-state index contributed by atoms with van der Waals surface area (Å²) in [6, 6.07) is 0. The minimum absolute atomic E-state index is 0.0776. The van der Waals surface area contributed by atoms with Crippen LogP contribution in [0.1, 0.15) is 25.0 Å². The van der Waals surface area contributed by atoms with E-state index < -0.39 is 5.97 Å². The molecule has 1 fully saturated rings. The van der Waals surface area contributed by atoms with Crippen molar-refractivity contribution in [3.05, 3.63) is 11.9 Å². The molecule has 1 unspecified atom stereocenters. The fraction of sp³-hybridized carbons (Fsp3) is 0.667. The van der Waals surface area contributed by atoms with Gasteiger partial charge in [-0.1, -0.05) is 18.2 Å². The number of hydrogen-bond donors (Lipinski definition) is 1. The molecule has 2 heterocycles. The summed E-state index contributed by atoms with van der Waals surface area (Å²) >= 11 is 3.34. The molecule has 0 spiro atoms. The van der Waals surface area contributed by atoms with E-state index in [1.54, 1.807) is 0 Å². The summed E-state index contributed by atoms with van der Waals surface area (Å²) < 4.78 is 2.16. The molecule has 18 heavy (non-hydrogen) atoms. The number of imidazole rings is 1. The number of nitrogens with zero attached hydrogens (tertiary/aromatic N) is 2. The molecule has 1 atom stereocenters. The van der Waals surface area contributed by atoms with Crippen molar-refractivity contribution < 1.29 is 9.90 Å². The van der Waals surface area contributed by atoms with E-state index >= 15 is 0 Å². The second-order valence-corrected chi connectivity index (χ2v) is 6.81. The molecular weight excluding hydrogens is 268 g/mol. The molecule has 1 aromatic rings. The molecule has 0 bridgehead atoms. The molecule has 0 radical (unpaired) electrons. The predicted molar refractivity (Wildman–Crippen MR) is 75.4 cm³/mol. The first-order valence-electron chi connectivity index (χ1n) is 6.15. The third kappa shape index (κ3) is 3.68. The average molecular weight is 286 g/mol. The largest absolute Gasteiger partial charge is 0.481 e. The lowest BCUT2D eigenvalue weighted by molar-refractivity contribution is -0.133. The number of aliphatic carboxylic acids is 1. The van der Waals surface area contributed by atoms with Crippen molar-refractivity contribution in [2.75, 3.05) is 11.5 Å². The van der Waals surface area contributed by atoms with Gasteiger partial charge < -0.3 is 9.67 Å². The van der Waals surface area contributed by atoms with Gasteiger partial charge in [0, 0.05) is 23.7 Å². The summed E-state index contributed by atoms with van der Waals surface area (Å²) in [6.07, 6.45) is 5.72. The first-order valence-corrected chi connectivity index (χ1v) is 8.18. The average Bonchev–Trinajstić information content (AvgIpc) is 2.70. The molecule has 1 aliphatic rings. The highest BCUT2D eigenvalue weighted by atomic mass is 32.2. The van der Waals surface area contributed by atoms with Crippen molar-refractivity contribution in [3.8, 4) is 0 Å². The van der Waals surface area contributed by atoms with Crippen molar-refractivity contribution in [3.63, 3.8) is 0 Å². The Morgan fingerprint density at radius 3 is 3.17 bits per heavy atom. The maximum Gasteiger partial charge on any atom is 0.313 e. The molecule has 6 heteroatoms. The number of carbonyl (C=O) groups is 1. The summed E-state index contributed by atoms with van der Waals surface area (Å²) in [4.78, 5) is 14.9. The first-order chi connectivity index (χ1) is 8.66. The highest BCUT2D eigenvalue weighted by Crippen LogP contribution is 2.28. The van der Waals surface area contributed by atoms with Gasteiger partial charge in [0.1, 0.15) is 0 Å². The quantitative estimate of drug-likeness (QED) is 0.843. The van der Waals surface area contributed by atoms with Crippen LogP contribution in [-0.2, 0) is 11.3 Å². The summed E-state index contributed by atoms with van der Waals surface area (Å²) in [5.41, 5.74) is 1.12. The Labute approximate surface area is 116 Å². The lowest BCUT2D eigenvalue weighted by Gasteiger charge is -2.23. The Balaban J connectivity index is 2.01. The normalized spacial score (nSPS) is 19.9. The Hall–Kier alpha value is -0.620. The number of aryl methyl sites for hydroxylation is 1. The topological polar surface area (TPSA) is 55.1 Å². The molecule has 1 saturated heterocycles. The van der Waals surface area contributed by atoms with E-state index in [1.807, 2.05) is 24.9 Å². The van der Waals surface area contributed by atoms with Crippen LogP contribution in [0.3, 0.4) is 0 Å². The molecule has 1 aliphatic heterocycles. The number of aromatic nitrogens is 2. The number of carboxylic acids is 1. The number of carboxylic acid groups (broad SMARTS) is 1. The highest BCUT2D eigenvalue weighted by molar-refractivity contribution is 8.00. The van der Waals surface area contributed by atoms with Crippen LogP contribution in [0.2, 0.25) is 0 Å². The van der Waals surface area contributed by atoms with E-state index in [4.69, 9.17) is 5.11 Å². The highest BCUT2D eigenvalue weighted by Gasteiger charge is 2.17. The first kappa shape index (κ1) is 13.8. The third-order valence-electron chi connectivity index (χ3n) is 3.00. The van der Waals surface area contributed by atoms with Gasteiger partial charge in [0.05, 0.1) is 5.75 Å². The Bertz CT molecular complexity index is 414. The molecule has 0 aromatic carbocycles. The van der Waals surface area contributed by atoms with E-state index in [0.717, 1.165) is 17.4 Å². The van der Waals surface area contributed by atoms with Crippen LogP contribution in [0.15, 0.2) is 11.4 Å². The zero-order chi connectivity index (χ0) is 13.0. The molecule has 1 N–H and O–H groups in total. The Morgan fingerprint density at radius 2 is 2.50 bits per heavy atom. The van der Waals surface area contributed by atoms with Crippen LogP contribution in [0, 0.1) is 6.92 Å². The third-order valence-corrected chi connectivity index (χ3v) is 5.36. The predicted octanol–water partition coefficient (Wildman–Crippen LogP) is 2.65. The van der Waals surface area contributed by atoms with Crippen LogP contribution in [0.25, 0.3) is 0 Å². The van der Waals surface area contributed by atoms with Gasteiger partial charge in [-0.25, -0.2) is 4.98 Å². The Kier molecular flexibility index (Phi) is 5.00. The summed E-state index contributed by atoms with van der Waals surface area (Å²) in [5.74, 6) is 0.531. The van der Waals surface area contributed by atoms with Gasteiger partial charge in [-0.05, 0) is 25.5 Å². The fourth-order valence-corrected chi connectivity index (χ4v) is 4.10. The molecule has 4 nitrogen and oxygen atoms in total. The van der Waals surface area contributed by atoms with Gasteiger partial charge in [-0.3, -0.25) is 4.79 Å². The maximum atomic E-state index is 10.6. The smallest absolute Gasteiger partial charge is 0.313 e. The number of thioether (sulfide) groups is 2. The second kappa shape index (κ2) is 6.52. The number of rotatable bonds is 5. The molecule has 1 aromatic heterocycles. The van der Waals surface area contributed by atoms with Gasteiger partial charge >= 0.3 is 5.97 Å². The SMILES string of the molecule is Cc1cnc(SCC(=O)O)n1CC1CCCCS1. The monoisotopic (exact) mass is 286 g/mol. The van der Waals surface area contributed by atoms with Gasteiger partial charge in [0.25, 0.3) is 0 Å². The molecule has 2 rings (SSSR count). The van der Waals surface area contributed by atoms with E-state index in [9.17, 15) is 4.79 Å². The van der Waals surface area contributed by atoms with Crippen molar-refractivity contribution in [1.29, 1.82) is 0 Å². The van der Waals surface area contributed by atoms with Crippen molar-refractivity contribution in [2.24, 2.45) is 0 Å². The van der Waals surface area contributed by atoms with Gasteiger partial charge in [0.2, 0.25) is 0 Å². The fourth-order valence-electron chi connectivity index (χ4n) is 2.06. The molecule has 0 amide bonds. The van der Waals surface area contributed by atoms with Crippen molar-refractivity contribution >= 4 is 29.5 Å². The van der Waals surface area contributed by atoms with E-state index in [1.165, 1.54) is 36.8 Å². The van der Waals surface area contributed by atoms with Crippen LogP contribution in [0.5, 0.6) is 0 Å². The van der Waals surface area contributed by atoms with E-state index in [-0.39, 0.29) is 5.75 Å². The summed E-state index contributed by atoms with van der Waals surface area (Å²) in [5, 5.41) is 10.2. The van der Waals surface area contributed by atoms with E-state index in [0.29, 0.717) is 5.25 Å². The van der Waals surface area contributed by atoms with Crippen LogP contribution >= 0.6 is 23.5 Å². The zero-order valence-electron chi connectivity index (χ0n) is 10.5. The molecular formula is C12H18N2O2S2. The van der Waals surface area contributed by atoms with Crippen LogP contribution in [-0.4, -0.2) is 37.4 Å².